The van der Waals surface area contributed by atoms with E-state index >= 15 is 0 Å². The van der Waals surface area contributed by atoms with Gasteiger partial charge in [0.1, 0.15) is 34.8 Å². The fraction of sp³-hybridized carbons (Fsp3) is 0.382. The summed E-state index contributed by atoms with van der Waals surface area (Å²) in [5.41, 5.74) is 0.897. The normalized spacial score (nSPS) is 17.5. The minimum atomic E-state index is -1.14. The maximum absolute atomic E-state index is 14.5. The van der Waals surface area contributed by atoms with Gasteiger partial charge in [-0.05, 0) is 95.1 Å². The van der Waals surface area contributed by atoms with Gasteiger partial charge in [0.15, 0.2) is 0 Å². The number of hydrogen-bond acceptors (Lipinski definition) is 5. The average molecular weight is 624 g/mol. The average Bonchev–Trinajstić information content (AvgIpc) is 2.95. The highest BCUT2D eigenvalue weighted by atomic mass is 35.5. The molecule has 3 amide bonds. The summed E-state index contributed by atoms with van der Waals surface area (Å²) in [5, 5.41) is 0. The molecule has 0 aliphatic carbocycles. The second-order valence-corrected chi connectivity index (χ2v) is 12.3. The SMILES string of the molecule is Cc1cc(Oc2ccccc2)ccc1N(C(=O)CCl)C(C(=O)N1CC(C)N(C(=O)OC(C)(C)C)C(C)C1)c1ccc(F)cc1. The Morgan fingerprint density at radius 3 is 2.11 bits per heavy atom. The number of para-hydroxylation sites is 1. The molecule has 3 atom stereocenters. The number of benzene rings is 3. The summed E-state index contributed by atoms with van der Waals surface area (Å²) in [4.78, 5) is 45.7. The van der Waals surface area contributed by atoms with Crippen molar-refractivity contribution in [1.82, 2.24) is 9.80 Å². The lowest BCUT2D eigenvalue weighted by Gasteiger charge is -2.46. The number of nitrogens with zero attached hydrogens (tertiary/aromatic N) is 3. The predicted octanol–water partition coefficient (Wildman–Crippen LogP) is 7.10. The Labute approximate surface area is 263 Å². The topological polar surface area (TPSA) is 79.4 Å². The number of ether oxygens (including phenoxy) is 2. The van der Waals surface area contributed by atoms with Crippen LogP contribution in [0.15, 0.2) is 72.8 Å². The number of halogens is 2. The molecular formula is C34H39ClFN3O5. The van der Waals surface area contributed by atoms with Crippen molar-refractivity contribution in [3.8, 4) is 11.5 Å². The molecule has 1 aliphatic rings. The summed E-state index contributed by atoms with van der Waals surface area (Å²) in [6, 6.07) is 18.2. The van der Waals surface area contributed by atoms with Crippen LogP contribution in [0, 0.1) is 12.7 Å². The summed E-state index contributed by atoms with van der Waals surface area (Å²) in [7, 11) is 0. The van der Waals surface area contributed by atoms with Crippen LogP contribution in [0.1, 0.15) is 51.8 Å². The Morgan fingerprint density at radius 2 is 1.57 bits per heavy atom. The monoisotopic (exact) mass is 623 g/mol. The maximum Gasteiger partial charge on any atom is 0.410 e. The number of hydrogen-bond donors (Lipinski definition) is 0. The molecule has 8 nitrogen and oxygen atoms in total. The lowest BCUT2D eigenvalue weighted by molar-refractivity contribution is -0.138. The van der Waals surface area contributed by atoms with Gasteiger partial charge in [0.05, 0.1) is 12.1 Å². The number of carbonyl (C=O) groups is 3. The minimum Gasteiger partial charge on any atom is -0.457 e. The van der Waals surface area contributed by atoms with E-state index in [1.807, 2.05) is 51.1 Å². The zero-order chi connectivity index (χ0) is 32.2. The molecule has 3 unspecified atom stereocenters. The molecule has 234 valence electrons. The standard InChI is InChI=1S/C34H39ClFN3O5/c1-22-18-28(43-27-10-8-7-9-11-27)16-17-29(22)39(30(40)19-35)31(25-12-14-26(36)15-13-25)32(41)37-20-23(2)38(24(3)21-37)33(42)44-34(4,5)6/h7-18,23-24,31H,19-21H2,1-6H3. The predicted molar refractivity (Wildman–Crippen MR) is 169 cm³/mol. The number of rotatable bonds is 7. The van der Waals surface area contributed by atoms with Gasteiger partial charge in [-0.2, -0.15) is 0 Å². The Kier molecular flexibility index (Phi) is 10.2. The first-order valence-corrected chi connectivity index (χ1v) is 15.1. The van der Waals surface area contributed by atoms with Gasteiger partial charge < -0.3 is 14.4 Å². The molecule has 4 rings (SSSR count). The molecule has 0 aromatic heterocycles. The molecule has 0 N–H and O–H groups in total. The molecule has 1 saturated heterocycles. The quantitative estimate of drug-likeness (QED) is 0.262. The fourth-order valence-corrected chi connectivity index (χ4v) is 5.59. The smallest absolute Gasteiger partial charge is 0.410 e. The lowest BCUT2D eigenvalue weighted by Crippen LogP contribution is -2.62. The molecule has 3 aromatic carbocycles. The summed E-state index contributed by atoms with van der Waals surface area (Å²) in [6.45, 7) is 11.4. The van der Waals surface area contributed by atoms with Gasteiger partial charge >= 0.3 is 6.09 Å². The third-order valence-electron chi connectivity index (χ3n) is 7.30. The lowest BCUT2D eigenvalue weighted by atomic mass is 9.99. The van der Waals surface area contributed by atoms with Crippen molar-refractivity contribution in [2.45, 2.75) is 65.3 Å². The molecule has 0 spiro atoms. The maximum atomic E-state index is 14.5. The van der Waals surface area contributed by atoms with Crippen molar-refractivity contribution < 1.29 is 28.2 Å². The van der Waals surface area contributed by atoms with Crippen molar-refractivity contribution >= 4 is 35.2 Å². The molecule has 0 radical (unpaired) electrons. The summed E-state index contributed by atoms with van der Waals surface area (Å²) < 4.78 is 25.6. The Hall–Kier alpha value is -4.11. The summed E-state index contributed by atoms with van der Waals surface area (Å²) in [5.74, 6) is -0.514. The second kappa shape index (κ2) is 13.7. The van der Waals surface area contributed by atoms with E-state index in [9.17, 15) is 18.8 Å². The molecule has 3 aromatic rings. The molecule has 1 fully saturated rings. The molecular weight excluding hydrogens is 585 g/mol. The number of piperazine rings is 1. The number of amides is 3. The summed E-state index contributed by atoms with van der Waals surface area (Å²) in [6.07, 6.45) is -0.452. The van der Waals surface area contributed by atoms with Crippen LogP contribution in [0.2, 0.25) is 0 Å². The highest BCUT2D eigenvalue weighted by Crippen LogP contribution is 2.36. The van der Waals surface area contributed by atoms with E-state index in [-0.39, 0.29) is 37.0 Å². The Balaban J connectivity index is 1.70. The van der Waals surface area contributed by atoms with E-state index in [4.69, 9.17) is 21.1 Å². The Morgan fingerprint density at radius 1 is 0.955 bits per heavy atom. The highest BCUT2D eigenvalue weighted by molar-refractivity contribution is 6.30. The van der Waals surface area contributed by atoms with E-state index in [1.54, 1.807) is 48.8 Å². The summed E-state index contributed by atoms with van der Waals surface area (Å²) >= 11 is 6.13. The minimum absolute atomic E-state index is 0.214. The number of aryl methyl sites for hydroxylation is 1. The van der Waals surface area contributed by atoms with Crippen molar-refractivity contribution in [2.24, 2.45) is 0 Å². The zero-order valence-corrected chi connectivity index (χ0v) is 26.7. The second-order valence-electron chi connectivity index (χ2n) is 12.0. The molecule has 1 heterocycles. The third-order valence-corrected chi connectivity index (χ3v) is 7.53. The first-order valence-electron chi connectivity index (χ1n) is 14.6. The van der Waals surface area contributed by atoms with Crippen molar-refractivity contribution in [3.05, 3.63) is 89.7 Å². The number of carbonyl (C=O) groups excluding carboxylic acids is 3. The van der Waals surface area contributed by atoms with E-state index < -0.39 is 29.5 Å². The highest BCUT2D eigenvalue weighted by Gasteiger charge is 2.42. The van der Waals surface area contributed by atoms with Crippen LogP contribution in [-0.2, 0) is 14.3 Å². The van der Waals surface area contributed by atoms with Crippen LogP contribution in [0.4, 0.5) is 14.9 Å². The van der Waals surface area contributed by atoms with Gasteiger partial charge in [-0.3, -0.25) is 19.4 Å². The number of anilines is 1. The van der Waals surface area contributed by atoms with Gasteiger partial charge in [0.25, 0.3) is 5.91 Å². The van der Waals surface area contributed by atoms with Crippen molar-refractivity contribution in [2.75, 3.05) is 23.9 Å². The van der Waals surface area contributed by atoms with Gasteiger partial charge in [-0.15, -0.1) is 11.6 Å². The first kappa shape index (κ1) is 32.8. The van der Waals surface area contributed by atoms with Crippen molar-refractivity contribution in [1.29, 1.82) is 0 Å². The van der Waals surface area contributed by atoms with Crippen LogP contribution in [-0.4, -0.2) is 64.4 Å². The molecule has 1 aliphatic heterocycles. The first-order chi connectivity index (χ1) is 20.8. The van der Waals surface area contributed by atoms with Crippen LogP contribution >= 0.6 is 11.6 Å². The van der Waals surface area contributed by atoms with E-state index in [2.05, 4.69) is 0 Å². The van der Waals surface area contributed by atoms with Crippen LogP contribution in [0.5, 0.6) is 11.5 Å². The van der Waals surface area contributed by atoms with Crippen LogP contribution < -0.4 is 9.64 Å². The largest absolute Gasteiger partial charge is 0.457 e. The van der Waals surface area contributed by atoms with Gasteiger partial charge in [-0.1, -0.05) is 30.3 Å². The molecule has 0 bridgehead atoms. The van der Waals surface area contributed by atoms with E-state index in [1.165, 1.54) is 29.2 Å². The number of alkyl halides is 1. The van der Waals surface area contributed by atoms with Gasteiger partial charge in [-0.25, -0.2) is 9.18 Å². The van der Waals surface area contributed by atoms with Gasteiger partial charge in [0.2, 0.25) is 5.91 Å². The van der Waals surface area contributed by atoms with Crippen LogP contribution in [0.3, 0.4) is 0 Å². The zero-order valence-electron chi connectivity index (χ0n) is 25.9. The third kappa shape index (κ3) is 7.69. The van der Waals surface area contributed by atoms with Crippen LogP contribution in [0.25, 0.3) is 0 Å². The van der Waals surface area contributed by atoms with Gasteiger partial charge in [0, 0.05) is 18.8 Å². The molecule has 44 heavy (non-hydrogen) atoms. The molecule has 0 saturated carbocycles. The van der Waals surface area contributed by atoms with Crippen molar-refractivity contribution in [3.63, 3.8) is 0 Å². The molecule has 10 heteroatoms. The van der Waals surface area contributed by atoms with E-state index in [0.29, 0.717) is 28.3 Å². The fourth-order valence-electron chi connectivity index (χ4n) is 5.47. The van der Waals surface area contributed by atoms with E-state index in [0.717, 1.165) is 0 Å². The Bertz CT molecular complexity index is 1470.